The van der Waals surface area contributed by atoms with E-state index in [0.717, 1.165) is 19.3 Å². The largest absolute Gasteiger partial charge is 0.394 e. The molecule has 0 saturated carbocycles. The number of aliphatic hydroxyl groups is 3. The fourth-order valence-corrected chi connectivity index (χ4v) is 1.74. The maximum atomic E-state index is 9.53. The lowest BCUT2D eigenvalue weighted by molar-refractivity contribution is -0.256. The fraction of sp³-hybridized carbons (Fsp3) is 1.00. The number of unbranched alkanes of at least 4 members (excludes halogenated alkanes) is 2. The summed E-state index contributed by atoms with van der Waals surface area (Å²) in [5, 5.41) is 28.0. The highest BCUT2D eigenvalue weighted by molar-refractivity contribution is 4.82. The molecule has 1 heterocycles. The van der Waals surface area contributed by atoms with Gasteiger partial charge in [-0.3, -0.25) is 0 Å². The van der Waals surface area contributed by atoms with Gasteiger partial charge in [0.1, 0.15) is 12.2 Å². The highest BCUT2D eigenvalue weighted by Gasteiger charge is 2.36. The molecule has 16 heavy (non-hydrogen) atoms. The van der Waals surface area contributed by atoms with E-state index in [0.29, 0.717) is 6.61 Å². The molecule has 4 atom stereocenters. The standard InChI is InChI=1S/C11H22O5/c1-2-3-4-5-15-10-6-8(13)11(14)9(7-12)16-10/h8-14H,2-7H2,1H3/t8-,9+,10?,11+/m0/s1. The summed E-state index contributed by atoms with van der Waals surface area (Å²) in [7, 11) is 0. The van der Waals surface area contributed by atoms with Crippen LogP contribution in [0.15, 0.2) is 0 Å². The molecule has 0 amide bonds. The quantitative estimate of drug-likeness (QED) is 0.565. The average Bonchev–Trinajstić information content (AvgIpc) is 2.29. The van der Waals surface area contributed by atoms with E-state index in [4.69, 9.17) is 14.6 Å². The molecule has 1 aliphatic rings. The van der Waals surface area contributed by atoms with E-state index in [9.17, 15) is 10.2 Å². The zero-order chi connectivity index (χ0) is 12.0. The Morgan fingerprint density at radius 3 is 2.69 bits per heavy atom. The van der Waals surface area contributed by atoms with Gasteiger partial charge >= 0.3 is 0 Å². The van der Waals surface area contributed by atoms with Gasteiger partial charge in [-0.05, 0) is 6.42 Å². The van der Waals surface area contributed by atoms with Crippen molar-refractivity contribution < 1.29 is 24.8 Å². The summed E-state index contributed by atoms with van der Waals surface area (Å²) in [6.07, 6.45) is 0.245. The Hall–Kier alpha value is -0.200. The molecular formula is C11H22O5. The highest BCUT2D eigenvalue weighted by atomic mass is 16.7. The summed E-state index contributed by atoms with van der Waals surface area (Å²) in [4.78, 5) is 0. The Morgan fingerprint density at radius 1 is 1.31 bits per heavy atom. The molecule has 0 bridgehead atoms. The van der Waals surface area contributed by atoms with Crippen LogP contribution in [0, 0.1) is 0 Å². The van der Waals surface area contributed by atoms with Gasteiger partial charge in [-0.2, -0.15) is 0 Å². The maximum absolute atomic E-state index is 9.53. The summed E-state index contributed by atoms with van der Waals surface area (Å²) in [6.45, 7) is 2.38. The second kappa shape index (κ2) is 7.19. The van der Waals surface area contributed by atoms with Crippen molar-refractivity contribution in [2.75, 3.05) is 13.2 Å². The molecule has 96 valence electrons. The van der Waals surface area contributed by atoms with Crippen LogP contribution in [0.1, 0.15) is 32.6 Å². The minimum atomic E-state index is -1.03. The van der Waals surface area contributed by atoms with Crippen molar-refractivity contribution in [1.29, 1.82) is 0 Å². The van der Waals surface area contributed by atoms with Crippen molar-refractivity contribution in [3.8, 4) is 0 Å². The van der Waals surface area contributed by atoms with E-state index < -0.39 is 24.6 Å². The van der Waals surface area contributed by atoms with Gasteiger partial charge in [-0.1, -0.05) is 19.8 Å². The van der Waals surface area contributed by atoms with Gasteiger partial charge in [-0.15, -0.1) is 0 Å². The molecule has 0 aromatic heterocycles. The molecule has 0 aromatic rings. The monoisotopic (exact) mass is 234 g/mol. The van der Waals surface area contributed by atoms with Gasteiger partial charge in [0.05, 0.1) is 12.7 Å². The molecule has 1 aliphatic heterocycles. The Balaban J connectivity index is 2.27. The normalized spacial score (nSPS) is 35.2. The SMILES string of the molecule is CCCCCOC1C[C@H](O)[C@@H](O)[C@@H](CO)O1. The first-order valence-corrected chi connectivity index (χ1v) is 5.93. The first-order chi connectivity index (χ1) is 7.69. The van der Waals surface area contributed by atoms with Crippen molar-refractivity contribution in [3.05, 3.63) is 0 Å². The molecule has 1 saturated heterocycles. The lowest BCUT2D eigenvalue weighted by Gasteiger charge is -2.36. The first-order valence-electron chi connectivity index (χ1n) is 5.93. The van der Waals surface area contributed by atoms with Crippen LogP contribution >= 0.6 is 0 Å². The summed E-state index contributed by atoms with van der Waals surface area (Å²) in [5.41, 5.74) is 0. The highest BCUT2D eigenvalue weighted by Crippen LogP contribution is 2.21. The van der Waals surface area contributed by atoms with E-state index in [1.807, 2.05) is 0 Å². The van der Waals surface area contributed by atoms with Crippen LogP contribution < -0.4 is 0 Å². The first kappa shape index (κ1) is 13.9. The van der Waals surface area contributed by atoms with Gasteiger partial charge < -0.3 is 24.8 Å². The third-order valence-electron chi connectivity index (χ3n) is 2.77. The second-order valence-electron chi connectivity index (χ2n) is 4.16. The molecule has 1 fully saturated rings. The average molecular weight is 234 g/mol. The summed E-state index contributed by atoms with van der Waals surface area (Å²) in [6, 6.07) is 0. The number of ether oxygens (including phenoxy) is 2. The summed E-state index contributed by atoms with van der Waals surface area (Å²) in [5.74, 6) is 0. The van der Waals surface area contributed by atoms with Crippen molar-refractivity contribution in [3.63, 3.8) is 0 Å². The molecule has 5 heteroatoms. The van der Waals surface area contributed by atoms with Crippen LogP contribution in [0.5, 0.6) is 0 Å². The minimum Gasteiger partial charge on any atom is -0.394 e. The van der Waals surface area contributed by atoms with Gasteiger partial charge in [0.15, 0.2) is 6.29 Å². The molecule has 0 spiro atoms. The Morgan fingerprint density at radius 2 is 2.06 bits per heavy atom. The molecule has 5 nitrogen and oxygen atoms in total. The third-order valence-corrected chi connectivity index (χ3v) is 2.77. The van der Waals surface area contributed by atoms with Crippen molar-refractivity contribution >= 4 is 0 Å². The van der Waals surface area contributed by atoms with E-state index in [1.54, 1.807) is 0 Å². The van der Waals surface area contributed by atoms with Gasteiger partial charge in [0, 0.05) is 13.0 Å². The summed E-state index contributed by atoms with van der Waals surface area (Å²) < 4.78 is 10.7. The van der Waals surface area contributed by atoms with Crippen LogP contribution in [0.4, 0.5) is 0 Å². The lowest BCUT2D eigenvalue weighted by Crippen LogP contribution is -2.50. The maximum Gasteiger partial charge on any atom is 0.160 e. The number of aliphatic hydroxyl groups excluding tert-OH is 3. The van der Waals surface area contributed by atoms with Gasteiger partial charge in [-0.25, -0.2) is 0 Å². The smallest absolute Gasteiger partial charge is 0.160 e. The van der Waals surface area contributed by atoms with Crippen molar-refractivity contribution in [2.45, 2.75) is 57.2 Å². The topological polar surface area (TPSA) is 79.2 Å². The van der Waals surface area contributed by atoms with Gasteiger partial charge in [0.25, 0.3) is 0 Å². The minimum absolute atomic E-state index is 0.254. The van der Waals surface area contributed by atoms with Crippen LogP contribution in [0.3, 0.4) is 0 Å². The van der Waals surface area contributed by atoms with E-state index in [-0.39, 0.29) is 13.0 Å². The Bertz CT molecular complexity index is 187. The number of hydrogen-bond donors (Lipinski definition) is 3. The van der Waals surface area contributed by atoms with E-state index in [2.05, 4.69) is 6.92 Å². The second-order valence-corrected chi connectivity index (χ2v) is 4.16. The molecule has 0 aromatic carbocycles. The predicted molar refractivity (Wildman–Crippen MR) is 57.9 cm³/mol. The Labute approximate surface area is 96.0 Å². The van der Waals surface area contributed by atoms with Crippen LogP contribution in [-0.2, 0) is 9.47 Å². The van der Waals surface area contributed by atoms with Gasteiger partial charge in [0.2, 0.25) is 0 Å². The molecule has 0 aliphatic carbocycles. The van der Waals surface area contributed by atoms with E-state index >= 15 is 0 Å². The third kappa shape index (κ3) is 3.99. The summed E-state index contributed by atoms with van der Waals surface area (Å²) >= 11 is 0. The fourth-order valence-electron chi connectivity index (χ4n) is 1.74. The molecule has 1 unspecified atom stereocenters. The number of hydrogen-bond acceptors (Lipinski definition) is 5. The number of rotatable bonds is 6. The van der Waals surface area contributed by atoms with Crippen molar-refractivity contribution in [1.82, 2.24) is 0 Å². The lowest BCUT2D eigenvalue weighted by atomic mass is 10.0. The molecular weight excluding hydrogens is 212 g/mol. The molecule has 1 rings (SSSR count). The molecule has 0 radical (unpaired) electrons. The van der Waals surface area contributed by atoms with E-state index in [1.165, 1.54) is 0 Å². The van der Waals surface area contributed by atoms with Crippen molar-refractivity contribution in [2.24, 2.45) is 0 Å². The molecule has 3 N–H and O–H groups in total. The Kier molecular flexibility index (Phi) is 6.23. The van der Waals surface area contributed by atoms with Crippen LogP contribution in [-0.4, -0.2) is 53.1 Å². The predicted octanol–water partition coefficient (Wildman–Crippen LogP) is 0.0223. The van der Waals surface area contributed by atoms with Crippen LogP contribution in [0.25, 0.3) is 0 Å². The zero-order valence-corrected chi connectivity index (χ0v) is 9.71. The zero-order valence-electron chi connectivity index (χ0n) is 9.71. The van der Waals surface area contributed by atoms with Crippen LogP contribution in [0.2, 0.25) is 0 Å².